The van der Waals surface area contributed by atoms with E-state index in [1.54, 1.807) is 26.4 Å². The van der Waals surface area contributed by atoms with Crippen molar-refractivity contribution in [1.82, 2.24) is 9.88 Å². The van der Waals surface area contributed by atoms with Crippen molar-refractivity contribution in [2.75, 3.05) is 27.3 Å². The number of likely N-dealkylation sites (tertiary alicyclic amines) is 1. The first kappa shape index (κ1) is 16.9. The molecule has 1 aliphatic rings. The summed E-state index contributed by atoms with van der Waals surface area (Å²) < 4.78 is 30.4. The van der Waals surface area contributed by atoms with E-state index in [0.29, 0.717) is 29.9 Å². The molecular formula is C18H23FN2O3. The number of hydrogen-bond acceptors (Lipinski definition) is 5. The van der Waals surface area contributed by atoms with E-state index in [9.17, 15) is 4.39 Å². The third-order valence-corrected chi connectivity index (χ3v) is 4.54. The molecule has 3 rings (SSSR count). The van der Waals surface area contributed by atoms with E-state index in [4.69, 9.17) is 13.9 Å². The molecule has 0 aliphatic carbocycles. The summed E-state index contributed by atoms with van der Waals surface area (Å²) in [5.74, 6) is 1.22. The van der Waals surface area contributed by atoms with Crippen LogP contribution in [0.4, 0.5) is 4.39 Å². The Morgan fingerprint density at radius 2 is 2.04 bits per heavy atom. The molecular weight excluding hydrogens is 311 g/mol. The molecule has 0 unspecified atom stereocenters. The molecule has 0 N–H and O–H groups in total. The maximum atomic E-state index is 14.1. The van der Waals surface area contributed by atoms with Crippen LogP contribution >= 0.6 is 0 Å². The lowest BCUT2D eigenvalue weighted by Gasteiger charge is -2.30. The van der Waals surface area contributed by atoms with Crippen LogP contribution in [0.15, 0.2) is 22.6 Å². The average Bonchev–Trinajstić information content (AvgIpc) is 2.96. The minimum atomic E-state index is -0.371. The molecule has 0 amide bonds. The molecule has 1 fully saturated rings. The van der Waals surface area contributed by atoms with E-state index >= 15 is 0 Å². The van der Waals surface area contributed by atoms with E-state index in [-0.39, 0.29) is 5.82 Å². The molecule has 6 heteroatoms. The van der Waals surface area contributed by atoms with E-state index in [1.165, 1.54) is 6.07 Å². The third kappa shape index (κ3) is 3.60. The molecule has 0 saturated carbocycles. The molecule has 24 heavy (non-hydrogen) atoms. The number of nitrogens with zero attached hydrogens (tertiary/aromatic N) is 2. The first-order valence-electron chi connectivity index (χ1n) is 8.16. The Bertz CT molecular complexity index is 694. The SMILES string of the molecule is COc1ccc(F)c(-c2nc(CN3CCC(OC)CC3)c(C)o2)c1. The Balaban J connectivity index is 1.76. The zero-order valence-electron chi connectivity index (χ0n) is 14.3. The summed E-state index contributed by atoms with van der Waals surface area (Å²) in [6.45, 7) is 4.50. The van der Waals surface area contributed by atoms with Crippen molar-refractivity contribution in [1.29, 1.82) is 0 Å². The second kappa shape index (κ2) is 7.32. The number of methoxy groups -OCH3 is 2. The number of halogens is 1. The van der Waals surface area contributed by atoms with E-state index in [1.807, 2.05) is 6.92 Å². The van der Waals surface area contributed by atoms with Crippen LogP contribution in [0.2, 0.25) is 0 Å². The highest BCUT2D eigenvalue weighted by atomic mass is 19.1. The Morgan fingerprint density at radius 1 is 1.29 bits per heavy atom. The van der Waals surface area contributed by atoms with Gasteiger partial charge in [-0.3, -0.25) is 4.90 Å². The summed E-state index contributed by atoms with van der Waals surface area (Å²) in [7, 11) is 3.31. The lowest BCUT2D eigenvalue weighted by atomic mass is 10.1. The molecule has 0 radical (unpaired) electrons. The standard InChI is InChI=1S/C18H23FN2O3/c1-12-17(11-21-8-6-13(22-2)7-9-21)20-18(24-12)15-10-14(23-3)4-5-16(15)19/h4-5,10,13H,6-9,11H2,1-3H3. The van der Waals surface area contributed by atoms with Gasteiger partial charge >= 0.3 is 0 Å². The van der Waals surface area contributed by atoms with Crippen LogP contribution in [0.5, 0.6) is 5.75 Å². The summed E-state index contributed by atoms with van der Waals surface area (Å²) in [6.07, 6.45) is 2.39. The van der Waals surface area contributed by atoms with Gasteiger partial charge in [0.2, 0.25) is 5.89 Å². The van der Waals surface area contributed by atoms with Gasteiger partial charge in [-0.05, 0) is 38.0 Å². The molecule has 0 spiro atoms. The zero-order chi connectivity index (χ0) is 17.1. The molecule has 0 bridgehead atoms. The van der Waals surface area contributed by atoms with Crippen molar-refractivity contribution in [3.63, 3.8) is 0 Å². The van der Waals surface area contributed by atoms with Crippen LogP contribution in [0.1, 0.15) is 24.3 Å². The molecule has 1 saturated heterocycles. The molecule has 1 aromatic heterocycles. The van der Waals surface area contributed by atoms with Gasteiger partial charge < -0.3 is 13.9 Å². The monoisotopic (exact) mass is 334 g/mol. The molecule has 130 valence electrons. The maximum Gasteiger partial charge on any atom is 0.229 e. The summed E-state index contributed by atoms with van der Waals surface area (Å²) in [4.78, 5) is 6.84. The van der Waals surface area contributed by atoms with Gasteiger partial charge in [-0.15, -0.1) is 0 Å². The highest BCUT2D eigenvalue weighted by molar-refractivity contribution is 5.57. The highest BCUT2D eigenvalue weighted by Gasteiger charge is 2.22. The third-order valence-electron chi connectivity index (χ3n) is 4.54. The minimum absolute atomic E-state index is 0.297. The smallest absolute Gasteiger partial charge is 0.229 e. The van der Waals surface area contributed by atoms with Crippen molar-refractivity contribution in [3.05, 3.63) is 35.5 Å². The van der Waals surface area contributed by atoms with Crippen molar-refractivity contribution in [3.8, 4) is 17.2 Å². The average molecular weight is 334 g/mol. The molecule has 5 nitrogen and oxygen atoms in total. The summed E-state index contributed by atoms with van der Waals surface area (Å²) in [5, 5.41) is 0. The Hall–Kier alpha value is -1.92. The number of benzene rings is 1. The quantitative estimate of drug-likeness (QED) is 0.838. The van der Waals surface area contributed by atoms with Crippen molar-refractivity contribution in [2.24, 2.45) is 0 Å². The van der Waals surface area contributed by atoms with Crippen LogP contribution in [0, 0.1) is 12.7 Å². The van der Waals surface area contributed by atoms with Crippen molar-refractivity contribution < 1.29 is 18.3 Å². The van der Waals surface area contributed by atoms with Gasteiger partial charge in [0, 0.05) is 26.7 Å². The first-order chi connectivity index (χ1) is 11.6. The Labute approximate surface area is 141 Å². The number of rotatable bonds is 5. The fourth-order valence-corrected chi connectivity index (χ4v) is 3.00. The van der Waals surface area contributed by atoms with Crippen LogP contribution in [0.3, 0.4) is 0 Å². The predicted molar refractivity (Wildman–Crippen MR) is 88.5 cm³/mol. The second-order valence-corrected chi connectivity index (χ2v) is 6.08. The van der Waals surface area contributed by atoms with E-state index < -0.39 is 0 Å². The number of ether oxygens (including phenoxy) is 2. The van der Waals surface area contributed by atoms with Crippen molar-refractivity contribution >= 4 is 0 Å². The van der Waals surface area contributed by atoms with Crippen LogP contribution in [-0.4, -0.2) is 43.3 Å². The minimum Gasteiger partial charge on any atom is -0.497 e. The van der Waals surface area contributed by atoms with Crippen LogP contribution in [0.25, 0.3) is 11.5 Å². The Kier molecular flexibility index (Phi) is 5.16. The fourth-order valence-electron chi connectivity index (χ4n) is 3.00. The van der Waals surface area contributed by atoms with E-state index in [2.05, 4.69) is 9.88 Å². The fraction of sp³-hybridized carbons (Fsp3) is 0.500. The van der Waals surface area contributed by atoms with Gasteiger partial charge in [-0.2, -0.15) is 0 Å². The topological polar surface area (TPSA) is 47.7 Å². The number of hydrogen-bond donors (Lipinski definition) is 0. The second-order valence-electron chi connectivity index (χ2n) is 6.08. The van der Waals surface area contributed by atoms with Gasteiger partial charge in [0.15, 0.2) is 0 Å². The summed E-state index contributed by atoms with van der Waals surface area (Å²) in [5.41, 5.74) is 1.17. The molecule has 2 aromatic rings. The van der Waals surface area contributed by atoms with Gasteiger partial charge in [-0.1, -0.05) is 0 Å². The maximum absolute atomic E-state index is 14.1. The molecule has 1 aromatic carbocycles. The number of oxazole rings is 1. The van der Waals surface area contributed by atoms with Gasteiger partial charge in [-0.25, -0.2) is 9.37 Å². The van der Waals surface area contributed by atoms with Gasteiger partial charge in [0.1, 0.15) is 17.3 Å². The van der Waals surface area contributed by atoms with Gasteiger partial charge in [0.05, 0.1) is 24.5 Å². The van der Waals surface area contributed by atoms with Crippen LogP contribution in [-0.2, 0) is 11.3 Å². The summed E-state index contributed by atoms with van der Waals surface area (Å²) in [6, 6.07) is 4.55. The normalized spacial score (nSPS) is 16.5. The number of piperidine rings is 1. The number of aryl methyl sites for hydroxylation is 1. The zero-order valence-corrected chi connectivity index (χ0v) is 14.3. The first-order valence-corrected chi connectivity index (χ1v) is 8.16. The highest BCUT2D eigenvalue weighted by Crippen LogP contribution is 2.28. The number of aromatic nitrogens is 1. The lowest BCUT2D eigenvalue weighted by molar-refractivity contribution is 0.0384. The largest absolute Gasteiger partial charge is 0.497 e. The molecule has 2 heterocycles. The van der Waals surface area contributed by atoms with E-state index in [0.717, 1.165) is 37.4 Å². The lowest BCUT2D eigenvalue weighted by Crippen LogP contribution is -2.36. The molecule has 1 aliphatic heterocycles. The predicted octanol–water partition coefficient (Wildman–Crippen LogP) is 3.41. The van der Waals surface area contributed by atoms with Gasteiger partial charge in [0.25, 0.3) is 0 Å². The molecule has 0 atom stereocenters. The van der Waals surface area contributed by atoms with Crippen LogP contribution < -0.4 is 4.74 Å². The summed E-state index contributed by atoms with van der Waals surface area (Å²) >= 11 is 0. The Morgan fingerprint density at radius 3 is 2.71 bits per heavy atom. The van der Waals surface area contributed by atoms with Crippen molar-refractivity contribution in [2.45, 2.75) is 32.4 Å².